The zero-order chi connectivity index (χ0) is 19.8. The average Bonchev–Trinajstić information content (AvgIpc) is 2.73. The van der Waals surface area contributed by atoms with Crippen molar-refractivity contribution in [3.05, 3.63) is 101 Å². The first kappa shape index (κ1) is 19.6. The number of urea groups is 1. The molecule has 0 fully saturated rings. The van der Waals surface area contributed by atoms with Crippen molar-refractivity contribution in [2.75, 3.05) is 5.32 Å². The summed E-state index contributed by atoms with van der Waals surface area (Å²) in [6.07, 6.45) is 0.655. The van der Waals surface area contributed by atoms with Crippen molar-refractivity contribution in [1.29, 1.82) is 0 Å². The fraction of sp³-hybridized carbons (Fsp3) is 0.0909. The highest BCUT2D eigenvalue weighted by Gasteiger charge is 2.26. The second-order valence-corrected chi connectivity index (χ2v) is 7.08. The minimum absolute atomic E-state index is 0.357. The first-order valence-corrected chi connectivity index (χ1v) is 9.59. The van der Waals surface area contributed by atoms with E-state index >= 15 is 0 Å². The Bertz CT molecular complexity index is 902. The molecule has 0 aliphatic rings. The van der Waals surface area contributed by atoms with Crippen LogP contribution in [0.15, 0.2) is 89.4 Å². The Balaban J connectivity index is 1.87. The third-order valence-electron chi connectivity index (χ3n) is 4.29. The van der Waals surface area contributed by atoms with E-state index in [1.165, 1.54) is 0 Å². The highest BCUT2D eigenvalue weighted by molar-refractivity contribution is 9.10. The molecule has 6 heteroatoms. The molecule has 3 rings (SSSR count). The van der Waals surface area contributed by atoms with Crippen molar-refractivity contribution in [2.24, 2.45) is 0 Å². The molecule has 0 saturated heterocycles. The van der Waals surface area contributed by atoms with Gasteiger partial charge in [-0.2, -0.15) is 0 Å². The summed E-state index contributed by atoms with van der Waals surface area (Å²) in [7, 11) is 0. The number of hydrogen-bond acceptors (Lipinski definition) is 2. The molecule has 5 nitrogen and oxygen atoms in total. The van der Waals surface area contributed by atoms with Crippen LogP contribution in [0.1, 0.15) is 23.2 Å². The lowest BCUT2D eigenvalue weighted by Gasteiger charge is -2.28. The molecule has 0 heterocycles. The predicted octanol–water partition coefficient (Wildman–Crippen LogP) is 4.80. The van der Waals surface area contributed by atoms with E-state index < -0.39 is 12.1 Å². The van der Waals surface area contributed by atoms with Crippen LogP contribution in [0.5, 0.6) is 0 Å². The van der Waals surface area contributed by atoms with Crippen molar-refractivity contribution >= 4 is 34.1 Å². The summed E-state index contributed by atoms with van der Waals surface area (Å²) >= 11 is 3.38. The molecule has 0 aliphatic heterocycles. The van der Waals surface area contributed by atoms with E-state index in [9.17, 15) is 9.59 Å². The molecule has 3 N–H and O–H groups in total. The van der Waals surface area contributed by atoms with Gasteiger partial charge in [-0.15, -0.1) is 0 Å². The Labute approximate surface area is 172 Å². The van der Waals surface area contributed by atoms with Crippen molar-refractivity contribution in [3.8, 4) is 0 Å². The number of halogens is 1. The zero-order valence-corrected chi connectivity index (χ0v) is 16.6. The number of amides is 3. The highest BCUT2D eigenvalue weighted by Crippen LogP contribution is 2.29. The number of nitrogens with one attached hydrogen (secondary N) is 3. The normalized spacial score (nSPS) is 12.5. The molecular weight excluding hydrogens is 418 g/mol. The monoisotopic (exact) mass is 437 g/mol. The molecule has 0 aliphatic carbocycles. The summed E-state index contributed by atoms with van der Waals surface area (Å²) < 4.78 is 0.931. The first-order valence-electron chi connectivity index (χ1n) is 8.80. The van der Waals surface area contributed by atoms with Crippen LogP contribution < -0.4 is 16.0 Å². The van der Waals surface area contributed by atoms with Crippen molar-refractivity contribution in [1.82, 2.24) is 10.6 Å². The van der Waals surface area contributed by atoms with Gasteiger partial charge in [0.05, 0.1) is 12.1 Å². The predicted molar refractivity (Wildman–Crippen MR) is 114 cm³/mol. The van der Waals surface area contributed by atoms with Crippen molar-refractivity contribution in [3.63, 3.8) is 0 Å². The van der Waals surface area contributed by atoms with Crippen LogP contribution in [-0.2, 0) is 4.79 Å². The van der Waals surface area contributed by atoms with Crippen LogP contribution in [0.2, 0.25) is 0 Å². The molecule has 142 valence electrons. The van der Waals surface area contributed by atoms with Gasteiger partial charge in [-0.05, 0) is 35.4 Å². The van der Waals surface area contributed by atoms with E-state index in [0.29, 0.717) is 12.1 Å². The van der Waals surface area contributed by atoms with Crippen molar-refractivity contribution < 1.29 is 9.59 Å². The molecule has 0 bridgehead atoms. The smallest absolute Gasteiger partial charge is 0.319 e. The molecule has 0 spiro atoms. The molecule has 28 heavy (non-hydrogen) atoms. The molecular formula is C22H20BrN3O2. The third-order valence-corrected chi connectivity index (χ3v) is 4.82. The number of carbonyl (C=O) groups is 2. The maximum absolute atomic E-state index is 12.7. The Morgan fingerprint density at radius 1 is 0.786 bits per heavy atom. The molecule has 0 radical (unpaired) electrons. The molecule has 3 aromatic carbocycles. The molecule has 2 atom stereocenters. The number of hydrogen-bond donors (Lipinski definition) is 3. The summed E-state index contributed by atoms with van der Waals surface area (Å²) in [5, 5.41) is 8.67. The minimum Gasteiger partial charge on any atom is -0.349 e. The van der Waals surface area contributed by atoms with E-state index in [1.807, 2.05) is 72.8 Å². The lowest BCUT2D eigenvalue weighted by atomic mass is 9.93. The van der Waals surface area contributed by atoms with Gasteiger partial charge in [0.25, 0.3) is 0 Å². The Hall–Kier alpha value is -3.12. The zero-order valence-electron chi connectivity index (χ0n) is 15.0. The van der Waals surface area contributed by atoms with Gasteiger partial charge in [-0.25, -0.2) is 4.79 Å². The van der Waals surface area contributed by atoms with Gasteiger partial charge in [0.2, 0.25) is 6.41 Å². The molecule has 2 unspecified atom stereocenters. The SMILES string of the molecule is O=CNC(c1ccccc1)C(NC(=O)Nc1ccc(Br)cc1)c1ccccc1. The van der Waals surface area contributed by atoms with Crippen LogP contribution in [0, 0.1) is 0 Å². The molecule has 3 aromatic rings. The molecule has 0 saturated carbocycles. The Morgan fingerprint density at radius 2 is 1.32 bits per heavy atom. The van der Waals surface area contributed by atoms with E-state index in [0.717, 1.165) is 15.6 Å². The summed E-state index contributed by atoms with van der Waals surface area (Å²) in [6.45, 7) is 0. The lowest BCUT2D eigenvalue weighted by molar-refractivity contribution is -0.110. The molecule has 3 amide bonds. The number of benzene rings is 3. The average molecular weight is 438 g/mol. The van der Waals surface area contributed by atoms with Crippen LogP contribution in [-0.4, -0.2) is 12.4 Å². The summed E-state index contributed by atoms with van der Waals surface area (Å²) in [5.74, 6) is 0. The Morgan fingerprint density at radius 3 is 1.86 bits per heavy atom. The number of rotatable bonds is 7. The van der Waals surface area contributed by atoms with Gasteiger partial charge >= 0.3 is 6.03 Å². The minimum atomic E-state index is -0.454. The third kappa shape index (κ3) is 5.20. The standard InChI is InChI=1S/C22H20BrN3O2/c23-18-11-13-19(14-12-18)25-22(28)26-21(17-9-5-2-6-10-17)20(24-15-27)16-7-3-1-4-8-16/h1-15,20-21H,(H,24,27)(H2,25,26,28). The maximum Gasteiger partial charge on any atom is 0.319 e. The van der Waals surface area contributed by atoms with E-state index in [1.54, 1.807) is 12.1 Å². The van der Waals surface area contributed by atoms with Crippen LogP contribution in [0.25, 0.3) is 0 Å². The van der Waals surface area contributed by atoms with Crippen LogP contribution in [0.4, 0.5) is 10.5 Å². The quantitative estimate of drug-likeness (QED) is 0.464. The fourth-order valence-electron chi connectivity index (χ4n) is 2.98. The largest absolute Gasteiger partial charge is 0.349 e. The van der Waals surface area contributed by atoms with Crippen LogP contribution >= 0.6 is 15.9 Å². The number of carbonyl (C=O) groups excluding carboxylic acids is 2. The summed E-state index contributed by atoms with van der Waals surface area (Å²) in [5.41, 5.74) is 2.45. The van der Waals surface area contributed by atoms with Gasteiger partial charge in [0.1, 0.15) is 0 Å². The molecule has 0 aromatic heterocycles. The van der Waals surface area contributed by atoms with E-state index in [-0.39, 0.29) is 6.03 Å². The second kappa shape index (κ2) is 9.71. The van der Waals surface area contributed by atoms with Gasteiger partial charge < -0.3 is 16.0 Å². The van der Waals surface area contributed by atoms with E-state index in [4.69, 9.17) is 0 Å². The van der Waals surface area contributed by atoms with E-state index in [2.05, 4.69) is 31.9 Å². The van der Waals surface area contributed by atoms with Crippen LogP contribution in [0.3, 0.4) is 0 Å². The fourth-order valence-corrected chi connectivity index (χ4v) is 3.24. The van der Waals surface area contributed by atoms with Gasteiger partial charge in [-0.3, -0.25) is 4.79 Å². The second-order valence-electron chi connectivity index (χ2n) is 6.17. The summed E-state index contributed by atoms with van der Waals surface area (Å²) in [6, 6.07) is 25.2. The Kier molecular flexibility index (Phi) is 6.81. The first-order chi connectivity index (χ1) is 13.7. The highest BCUT2D eigenvalue weighted by atomic mass is 79.9. The summed E-state index contributed by atoms with van der Waals surface area (Å²) in [4.78, 5) is 24.0. The van der Waals surface area contributed by atoms with Crippen molar-refractivity contribution in [2.45, 2.75) is 12.1 Å². The van der Waals surface area contributed by atoms with Gasteiger partial charge in [-0.1, -0.05) is 76.6 Å². The van der Waals surface area contributed by atoms with Gasteiger partial charge in [0.15, 0.2) is 0 Å². The topological polar surface area (TPSA) is 70.2 Å². The maximum atomic E-state index is 12.7. The number of anilines is 1. The van der Waals surface area contributed by atoms with Gasteiger partial charge in [0, 0.05) is 10.2 Å². The lowest BCUT2D eigenvalue weighted by Crippen LogP contribution is -2.40.